The van der Waals surface area contributed by atoms with Crippen LogP contribution in [0, 0.1) is 0 Å². The van der Waals surface area contributed by atoms with Crippen LogP contribution in [0.2, 0.25) is 0 Å². The first-order valence-corrected chi connectivity index (χ1v) is 12.4. The van der Waals surface area contributed by atoms with Gasteiger partial charge in [-0.25, -0.2) is 9.55 Å². The smallest absolute Gasteiger partial charge is 0.247 e. The molecule has 1 rings (SSSR count). The number of hydrogen-bond acceptors (Lipinski definition) is 0. The lowest BCUT2D eigenvalue weighted by atomic mass is 9.95. The lowest BCUT2D eigenvalue weighted by Crippen LogP contribution is -2.36. The standard InChI is InChI=1S/C25H48N2/c1-4-7-8-9-10-11-12-13-14-15-16-17-18-19-21-24(20-5-2)25-26-22-23-27(25)6-3/h22-24H,4-21H2,1-3H3/p+1/t24-/m0/s1. The van der Waals surface area contributed by atoms with Gasteiger partial charge in [-0.05, 0) is 19.8 Å². The number of hydrogen-bond donors (Lipinski definition) is 1. The van der Waals surface area contributed by atoms with Crippen molar-refractivity contribution in [3.63, 3.8) is 0 Å². The van der Waals surface area contributed by atoms with E-state index in [0.29, 0.717) is 0 Å². The van der Waals surface area contributed by atoms with Gasteiger partial charge >= 0.3 is 0 Å². The van der Waals surface area contributed by atoms with Crippen LogP contribution in [0.25, 0.3) is 0 Å². The van der Waals surface area contributed by atoms with Crippen LogP contribution >= 0.6 is 0 Å². The van der Waals surface area contributed by atoms with Gasteiger partial charge in [0.15, 0.2) is 0 Å². The molecule has 1 heterocycles. The van der Waals surface area contributed by atoms with Crippen molar-refractivity contribution in [2.45, 2.75) is 142 Å². The van der Waals surface area contributed by atoms with E-state index in [-0.39, 0.29) is 0 Å². The predicted molar refractivity (Wildman–Crippen MR) is 119 cm³/mol. The number of nitrogens with one attached hydrogen (secondary N) is 1. The molecule has 0 bridgehead atoms. The maximum atomic E-state index is 3.50. The molecular formula is C25H49N2+. The highest BCUT2D eigenvalue weighted by molar-refractivity contribution is 4.89. The molecule has 1 aromatic rings. The molecule has 158 valence electrons. The molecule has 0 amide bonds. The highest BCUT2D eigenvalue weighted by Crippen LogP contribution is 2.24. The largest absolute Gasteiger partial charge is 0.257 e. The van der Waals surface area contributed by atoms with Crippen molar-refractivity contribution in [2.75, 3.05) is 0 Å². The third kappa shape index (κ3) is 11.6. The van der Waals surface area contributed by atoms with Crippen LogP contribution in [0.3, 0.4) is 0 Å². The van der Waals surface area contributed by atoms with Crippen LogP contribution in [0.5, 0.6) is 0 Å². The summed E-state index contributed by atoms with van der Waals surface area (Å²) in [5.41, 5.74) is 0. The number of nitrogens with zero attached hydrogens (tertiary/aromatic N) is 1. The second-order valence-electron chi connectivity index (χ2n) is 8.50. The lowest BCUT2D eigenvalue weighted by Gasteiger charge is -2.12. The van der Waals surface area contributed by atoms with Gasteiger partial charge in [-0.1, -0.05) is 110 Å². The fourth-order valence-corrected chi connectivity index (χ4v) is 4.36. The number of H-pyrrole nitrogens is 1. The Kier molecular flexibility index (Phi) is 15.6. The molecule has 0 radical (unpaired) electrons. The zero-order valence-corrected chi connectivity index (χ0v) is 18.9. The summed E-state index contributed by atoms with van der Waals surface area (Å²) in [6, 6.07) is 0. The van der Waals surface area contributed by atoms with E-state index in [0.717, 1.165) is 12.5 Å². The molecule has 0 saturated heterocycles. The SMILES string of the molecule is CCCCCCCCCCCCCCCC[C@H](CCC)c1[nH]cc[n+]1CC. The van der Waals surface area contributed by atoms with Crippen molar-refractivity contribution in [3.05, 3.63) is 18.2 Å². The van der Waals surface area contributed by atoms with Crippen molar-refractivity contribution in [2.24, 2.45) is 0 Å². The summed E-state index contributed by atoms with van der Waals surface area (Å²) in [5.74, 6) is 2.18. The van der Waals surface area contributed by atoms with Crippen LogP contribution in [0.4, 0.5) is 0 Å². The fraction of sp³-hybridized carbons (Fsp3) is 0.880. The van der Waals surface area contributed by atoms with Crippen LogP contribution < -0.4 is 4.57 Å². The molecule has 1 atom stereocenters. The molecule has 27 heavy (non-hydrogen) atoms. The Morgan fingerprint density at radius 1 is 0.667 bits per heavy atom. The molecule has 0 unspecified atom stereocenters. The van der Waals surface area contributed by atoms with Gasteiger partial charge in [0.2, 0.25) is 0 Å². The highest BCUT2D eigenvalue weighted by Gasteiger charge is 2.20. The summed E-state index contributed by atoms with van der Waals surface area (Å²) in [4.78, 5) is 3.50. The Hall–Kier alpha value is -0.790. The van der Waals surface area contributed by atoms with Crippen molar-refractivity contribution in [1.29, 1.82) is 0 Å². The molecule has 0 aromatic carbocycles. The average Bonchev–Trinajstić information content (AvgIpc) is 3.16. The maximum Gasteiger partial charge on any atom is 0.257 e. The molecular weight excluding hydrogens is 328 g/mol. The first-order valence-electron chi connectivity index (χ1n) is 12.4. The van der Waals surface area contributed by atoms with Gasteiger partial charge in [0.25, 0.3) is 5.82 Å². The highest BCUT2D eigenvalue weighted by atomic mass is 15.1. The lowest BCUT2D eigenvalue weighted by molar-refractivity contribution is -0.701. The topological polar surface area (TPSA) is 19.7 Å². The van der Waals surface area contributed by atoms with E-state index in [1.54, 1.807) is 0 Å². The minimum absolute atomic E-state index is 0.724. The molecule has 0 aliphatic heterocycles. The molecule has 2 heteroatoms. The molecule has 1 aromatic heterocycles. The van der Waals surface area contributed by atoms with Crippen molar-refractivity contribution in [3.8, 4) is 0 Å². The maximum absolute atomic E-state index is 3.50. The molecule has 0 aliphatic rings. The van der Waals surface area contributed by atoms with Gasteiger partial charge in [0.1, 0.15) is 12.4 Å². The van der Waals surface area contributed by atoms with Crippen molar-refractivity contribution in [1.82, 2.24) is 4.98 Å². The second-order valence-corrected chi connectivity index (χ2v) is 8.50. The van der Waals surface area contributed by atoms with E-state index in [1.807, 2.05) is 0 Å². The third-order valence-corrected chi connectivity index (χ3v) is 6.07. The summed E-state index contributed by atoms with van der Waals surface area (Å²) in [5, 5.41) is 0. The predicted octanol–water partition coefficient (Wildman–Crippen LogP) is 8.08. The van der Waals surface area contributed by atoms with Gasteiger partial charge in [0, 0.05) is 0 Å². The number of imidazole rings is 1. The zero-order chi connectivity index (χ0) is 19.6. The Bertz CT molecular complexity index is 424. The number of unbranched alkanes of at least 4 members (excludes halogenated alkanes) is 13. The molecule has 0 aliphatic carbocycles. The van der Waals surface area contributed by atoms with Crippen LogP contribution in [0.1, 0.15) is 142 Å². The van der Waals surface area contributed by atoms with E-state index < -0.39 is 0 Å². The first-order chi connectivity index (χ1) is 13.3. The van der Waals surface area contributed by atoms with E-state index in [2.05, 4.69) is 42.7 Å². The van der Waals surface area contributed by atoms with Gasteiger partial charge < -0.3 is 0 Å². The average molecular weight is 378 g/mol. The van der Waals surface area contributed by atoms with Gasteiger partial charge in [0.05, 0.1) is 12.5 Å². The summed E-state index contributed by atoms with van der Waals surface area (Å²) >= 11 is 0. The van der Waals surface area contributed by atoms with Crippen molar-refractivity contribution >= 4 is 0 Å². The van der Waals surface area contributed by atoms with Crippen LogP contribution in [0.15, 0.2) is 12.4 Å². The van der Waals surface area contributed by atoms with Crippen molar-refractivity contribution < 1.29 is 4.57 Å². The van der Waals surface area contributed by atoms with E-state index in [1.165, 1.54) is 115 Å². The number of aromatic amines is 1. The fourth-order valence-electron chi connectivity index (χ4n) is 4.36. The Balaban J connectivity index is 1.97. The Morgan fingerprint density at radius 3 is 1.67 bits per heavy atom. The normalized spacial score (nSPS) is 12.6. The quantitative estimate of drug-likeness (QED) is 0.186. The Labute approximate surface area is 170 Å². The van der Waals surface area contributed by atoms with Crippen LogP contribution in [-0.2, 0) is 6.54 Å². The monoisotopic (exact) mass is 377 g/mol. The third-order valence-electron chi connectivity index (χ3n) is 6.07. The first kappa shape index (κ1) is 24.2. The molecule has 1 N–H and O–H groups in total. The van der Waals surface area contributed by atoms with E-state index >= 15 is 0 Å². The van der Waals surface area contributed by atoms with Gasteiger partial charge in [-0.2, -0.15) is 0 Å². The second kappa shape index (κ2) is 17.3. The van der Waals surface area contributed by atoms with Gasteiger partial charge in [-0.15, -0.1) is 0 Å². The summed E-state index contributed by atoms with van der Waals surface area (Å²) in [7, 11) is 0. The minimum atomic E-state index is 0.724. The minimum Gasteiger partial charge on any atom is -0.247 e. The van der Waals surface area contributed by atoms with E-state index in [4.69, 9.17) is 0 Å². The van der Waals surface area contributed by atoms with Gasteiger partial charge in [-0.3, -0.25) is 0 Å². The summed E-state index contributed by atoms with van der Waals surface area (Å²) in [6.07, 6.45) is 28.5. The molecule has 0 saturated carbocycles. The summed E-state index contributed by atoms with van der Waals surface area (Å²) in [6.45, 7) is 7.94. The molecule has 0 spiro atoms. The molecule has 0 fully saturated rings. The van der Waals surface area contributed by atoms with Crippen LogP contribution in [-0.4, -0.2) is 4.98 Å². The number of aromatic nitrogens is 2. The molecule has 2 nitrogen and oxygen atoms in total. The number of aryl methyl sites for hydroxylation is 1. The Morgan fingerprint density at radius 2 is 1.19 bits per heavy atom. The number of rotatable bonds is 19. The zero-order valence-electron chi connectivity index (χ0n) is 18.9. The summed E-state index contributed by atoms with van der Waals surface area (Å²) < 4.78 is 2.39. The van der Waals surface area contributed by atoms with E-state index in [9.17, 15) is 0 Å².